The Bertz CT molecular complexity index is 3500. The summed E-state index contributed by atoms with van der Waals surface area (Å²) < 4.78 is 0. The fourth-order valence-electron chi connectivity index (χ4n) is 13.8. The van der Waals surface area contributed by atoms with Crippen molar-refractivity contribution in [3.05, 3.63) is 214 Å². The van der Waals surface area contributed by atoms with Crippen LogP contribution in [0.2, 0.25) is 0 Å². The van der Waals surface area contributed by atoms with Crippen molar-refractivity contribution in [2.24, 2.45) is 0 Å². The molecule has 10 aromatic rings. The van der Waals surface area contributed by atoms with Crippen LogP contribution in [-0.4, -0.2) is 0 Å². The lowest BCUT2D eigenvalue weighted by Gasteiger charge is -2.36. The zero-order valence-electron chi connectivity index (χ0n) is 44.0. The molecule has 362 valence electrons. The molecule has 0 saturated heterocycles. The molecule has 0 spiro atoms. The van der Waals surface area contributed by atoms with Gasteiger partial charge in [-0.3, -0.25) is 0 Å². The van der Waals surface area contributed by atoms with Gasteiger partial charge in [-0.05, 0) is 202 Å². The molecule has 2 nitrogen and oxygen atoms in total. The maximum atomic E-state index is 2.68. The highest BCUT2D eigenvalue weighted by atomic mass is 15.2. The van der Waals surface area contributed by atoms with E-state index in [2.05, 4.69) is 222 Å². The van der Waals surface area contributed by atoms with Crippen LogP contribution in [0, 0.1) is 27.7 Å². The van der Waals surface area contributed by atoms with Crippen LogP contribution in [0.25, 0.3) is 54.6 Å². The second kappa shape index (κ2) is 17.8. The molecular formula is C71H68N2. The van der Waals surface area contributed by atoms with Crippen molar-refractivity contribution in [3.8, 4) is 22.3 Å². The van der Waals surface area contributed by atoms with Crippen molar-refractivity contribution in [1.82, 2.24) is 0 Å². The van der Waals surface area contributed by atoms with Gasteiger partial charge in [0.15, 0.2) is 0 Å². The summed E-state index contributed by atoms with van der Waals surface area (Å²) in [7, 11) is 0. The normalized spacial score (nSPS) is 15.5. The van der Waals surface area contributed by atoms with E-state index >= 15 is 0 Å². The first-order valence-electron chi connectivity index (χ1n) is 27.4. The molecule has 0 amide bonds. The van der Waals surface area contributed by atoms with E-state index in [1.807, 2.05) is 0 Å². The highest BCUT2D eigenvalue weighted by molar-refractivity contribution is 6.29. The number of nitrogens with zero attached hydrogens (tertiary/aromatic N) is 2. The van der Waals surface area contributed by atoms with Crippen molar-refractivity contribution in [3.63, 3.8) is 0 Å². The number of hydrogen-bond acceptors (Lipinski definition) is 2. The average Bonchev–Trinajstić information content (AvgIpc) is 4.14. The molecule has 0 N–H and O–H groups in total. The van der Waals surface area contributed by atoms with Crippen LogP contribution in [0.1, 0.15) is 134 Å². The summed E-state index contributed by atoms with van der Waals surface area (Å²) in [6.07, 6.45) is 11.0. The molecule has 0 radical (unpaired) electrons. The molecule has 2 heteroatoms. The molecule has 73 heavy (non-hydrogen) atoms. The molecule has 13 rings (SSSR count). The van der Waals surface area contributed by atoms with E-state index in [9.17, 15) is 0 Å². The monoisotopic (exact) mass is 949 g/mol. The Morgan fingerprint density at radius 3 is 1.25 bits per heavy atom. The van der Waals surface area contributed by atoms with Gasteiger partial charge in [0, 0.05) is 34.0 Å². The van der Waals surface area contributed by atoms with Crippen molar-refractivity contribution in [1.29, 1.82) is 0 Å². The van der Waals surface area contributed by atoms with Crippen LogP contribution in [0.15, 0.2) is 164 Å². The standard InChI is InChI=1S/C71H68N2/c1-44-16-12-17-45(2)67(44)56-30-28-52-36-53-29-31-57(68-46(3)18-13-19-47(68)4)42-64(53)73(60-27-15-25-51(40-60)49-22-10-11-23-49)66-43-65(72(63(52)41-56)59-26-14-24-50(39-59)48-20-8-9-21-48)61-34-32-54-37-58(71(5,6)7)38-55-33-35-62(66)70(61)69(54)55/h12-19,24-35,37-43,48-49H,8-11,20-23,36H2,1-7H3. The topological polar surface area (TPSA) is 6.48 Å². The van der Waals surface area contributed by atoms with Gasteiger partial charge in [0.2, 0.25) is 0 Å². The second-order valence-electron chi connectivity index (χ2n) is 23.3. The first-order chi connectivity index (χ1) is 35.5. The molecule has 10 aromatic carbocycles. The maximum absolute atomic E-state index is 2.68. The number of rotatable bonds is 6. The Morgan fingerprint density at radius 1 is 0.397 bits per heavy atom. The third-order valence-corrected chi connectivity index (χ3v) is 17.5. The minimum Gasteiger partial charge on any atom is -0.309 e. The third kappa shape index (κ3) is 7.83. The number of hydrogen-bond donors (Lipinski definition) is 0. The van der Waals surface area contributed by atoms with E-state index < -0.39 is 0 Å². The summed E-state index contributed by atoms with van der Waals surface area (Å²) in [6, 6.07) is 65.0. The molecular weight excluding hydrogens is 881 g/mol. The zero-order chi connectivity index (χ0) is 49.7. The smallest absolute Gasteiger partial charge is 0.0561 e. The Labute approximate surface area is 433 Å². The maximum Gasteiger partial charge on any atom is 0.0561 e. The van der Waals surface area contributed by atoms with E-state index in [0.717, 1.165) is 6.42 Å². The molecule has 3 aliphatic rings. The Kier molecular flexibility index (Phi) is 11.1. The van der Waals surface area contributed by atoms with Gasteiger partial charge in [-0.1, -0.05) is 168 Å². The Hall–Kier alpha value is -7.16. The van der Waals surface area contributed by atoms with E-state index in [0.29, 0.717) is 11.8 Å². The SMILES string of the molecule is Cc1cccc(C)c1-c1ccc2c(c1)N(c1cccc(C3CCCC3)c1)c1cc(c3ccc4cc(C(C)(C)C)cc5ccc1c3c54)N(c1cccc(C3CCCC3)c1)c1cc(-c3c(C)cccc3C)ccc1C2. The van der Waals surface area contributed by atoms with Crippen molar-refractivity contribution in [2.75, 3.05) is 9.80 Å². The van der Waals surface area contributed by atoms with Gasteiger partial charge in [0.25, 0.3) is 0 Å². The first kappa shape index (κ1) is 45.7. The van der Waals surface area contributed by atoms with E-state index in [-0.39, 0.29) is 5.41 Å². The molecule has 1 heterocycles. The van der Waals surface area contributed by atoms with Crippen LogP contribution in [0.4, 0.5) is 34.1 Å². The largest absolute Gasteiger partial charge is 0.309 e. The first-order valence-corrected chi connectivity index (χ1v) is 27.4. The lowest BCUT2D eigenvalue weighted by Crippen LogP contribution is -2.19. The van der Waals surface area contributed by atoms with Crippen LogP contribution >= 0.6 is 0 Å². The molecule has 1 aliphatic heterocycles. The van der Waals surface area contributed by atoms with Crippen molar-refractivity contribution < 1.29 is 0 Å². The molecule has 0 unspecified atom stereocenters. The van der Waals surface area contributed by atoms with Crippen molar-refractivity contribution in [2.45, 2.75) is 124 Å². The molecule has 0 atom stereocenters. The van der Waals surface area contributed by atoms with E-state index in [1.54, 1.807) is 0 Å². The van der Waals surface area contributed by atoms with Crippen LogP contribution < -0.4 is 9.80 Å². The Morgan fingerprint density at radius 2 is 0.822 bits per heavy atom. The highest BCUT2D eigenvalue weighted by Crippen LogP contribution is 2.54. The van der Waals surface area contributed by atoms with Gasteiger partial charge in [0.05, 0.1) is 22.7 Å². The fourth-order valence-corrected chi connectivity index (χ4v) is 13.8. The lowest BCUT2D eigenvalue weighted by atomic mass is 9.83. The van der Waals surface area contributed by atoms with Gasteiger partial charge >= 0.3 is 0 Å². The molecule has 0 aromatic heterocycles. The molecule has 2 saturated carbocycles. The minimum absolute atomic E-state index is 0.00774. The summed E-state index contributed by atoms with van der Waals surface area (Å²) in [4.78, 5) is 5.37. The van der Waals surface area contributed by atoms with Crippen LogP contribution in [-0.2, 0) is 11.8 Å². The van der Waals surface area contributed by atoms with Gasteiger partial charge < -0.3 is 9.80 Å². The van der Waals surface area contributed by atoms with Gasteiger partial charge in [-0.15, -0.1) is 0 Å². The van der Waals surface area contributed by atoms with Crippen molar-refractivity contribution >= 4 is 66.4 Å². The van der Waals surface area contributed by atoms with Crippen LogP contribution in [0.5, 0.6) is 0 Å². The average molecular weight is 949 g/mol. The predicted molar refractivity (Wildman–Crippen MR) is 313 cm³/mol. The third-order valence-electron chi connectivity index (χ3n) is 17.5. The number of aryl methyl sites for hydroxylation is 4. The summed E-state index contributed by atoms with van der Waals surface area (Å²) in [5.74, 6) is 1.16. The number of fused-ring (bicyclic) bond motifs is 6. The van der Waals surface area contributed by atoms with E-state index in [1.165, 1.54) is 190 Å². The summed E-state index contributed by atoms with van der Waals surface area (Å²) in [6.45, 7) is 16.1. The summed E-state index contributed by atoms with van der Waals surface area (Å²) in [5.41, 5.74) is 24.6. The second-order valence-corrected chi connectivity index (χ2v) is 23.3. The minimum atomic E-state index is 0.00774. The quantitative estimate of drug-likeness (QED) is 0.153. The molecule has 2 aliphatic carbocycles. The zero-order valence-corrected chi connectivity index (χ0v) is 44.0. The van der Waals surface area contributed by atoms with Crippen LogP contribution in [0.3, 0.4) is 0 Å². The number of benzene rings is 10. The molecule has 2 fully saturated rings. The Balaban J connectivity index is 1.20. The summed E-state index contributed by atoms with van der Waals surface area (Å²) in [5, 5.41) is 7.83. The van der Waals surface area contributed by atoms with Gasteiger partial charge in [-0.25, -0.2) is 0 Å². The summed E-state index contributed by atoms with van der Waals surface area (Å²) >= 11 is 0. The van der Waals surface area contributed by atoms with Gasteiger partial charge in [-0.2, -0.15) is 0 Å². The van der Waals surface area contributed by atoms with Gasteiger partial charge in [0.1, 0.15) is 0 Å². The fraction of sp³-hybridized carbons (Fsp3) is 0.268. The number of anilines is 6. The predicted octanol–water partition coefficient (Wildman–Crippen LogP) is 20.6. The van der Waals surface area contributed by atoms with E-state index in [4.69, 9.17) is 0 Å². The highest BCUT2D eigenvalue weighted by Gasteiger charge is 2.31. The lowest BCUT2D eigenvalue weighted by molar-refractivity contribution is 0.591. The molecule has 2 bridgehead atoms.